The van der Waals surface area contributed by atoms with E-state index in [9.17, 15) is 19.4 Å². The molecule has 326 valence electrons. The standard InChI is InChI=1S/C45H62ClN7O7/c1-9-52(10-2)27-28-58-36-18-13-34(14-19-36)43-41(38-29-35(46)15-20-39(38)60-43)42(55)33-11-16-37(17-12-33)59-30-40(54)47-21-24-53(25-22-48-44(5,6)31(3)50-56)26-23-49-45(7,8)32(4)51-57/h11-20,29,31-32,48-49H,9-10,21-28,30H2,1-8H3,(H,47,54). The van der Waals surface area contributed by atoms with E-state index in [1.54, 1.807) is 56.3 Å². The minimum atomic E-state index is -0.478. The van der Waals surface area contributed by atoms with Crippen LogP contribution in [0.2, 0.25) is 5.02 Å². The van der Waals surface area contributed by atoms with Gasteiger partial charge in [-0.25, -0.2) is 0 Å². The molecule has 1 amide bonds. The van der Waals surface area contributed by atoms with Crippen LogP contribution in [0.4, 0.5) is 0 Å². The molecule has 3 N–H and O–H groups in total. The van der Waals surface area contributed by atoms with Gasteiger partial charge in [-0.15, -0.1) is 0 Å². The lowest BCUT2D eigenvalue weighted by atomic mass is 9.97. The Bertz CT molecular complexity index is 1970. The van der Waals surface area contributed by atoms with E-state index in [-0.39, 0.29) is 18.3 Å². The van der Waals surface area contributed by atoms with Gasteiger partial charge in [0.1, 0.15) is 41.5 Å². The van der Waals surface area contributed by atoms with Crippen LogP contribution >= 0.6 is 11.6 Å². The molecule has 0 aliphatic rings. The minimum absolute atomic E-state index is 0.212. The highest BCUT2D eigenvalue weighted by atomic mass is 35.5. The van der Waals surface area contributed by atoms with Crippen LogP contribution in [0.5, 0.6) is 11.5 Å². The lowest BCUT2D eigenvalue weighted by molar-refractivity contribution is -0.123. The molecular weight excluding hydrogens is 786 g/mol. The number of ether oxygens (including phenoxy) is 2. The molecule has 0 bridgehead atoms. The molecule has 2 atom stereocenters. The van der Waals surface area contributed by atoms with Gasteiger partial charge in [-0.2, -0.15) is 9.81 Å². The molecule has 0 saturated heterocycles. The summed E-state index contributed by atoms with van der Waals surface area (Å²) in [5.74, 6) is 1.04. The Labute approximate surface area is 359 Å². The van der Waals surface area contributed by atoms with E-state index in [1.165, 1.54) is 0 Å². The van der Waals surface area contributed by atoms with Crippen molar-refractivity contribution in [2.75, 3.05) is 72.1 Å². The molecule has 4 aromatic rings. The van der Waals surface area contributed by atoms with Crippen LogP contribution in [0.1, 0.15) is 71.3 Å². The molecular formula is C45H62ClN7O7. The fourth-order valence-electron chi connectivity index (χ4n) is 6.40. The average Bonchev–Trinajstić information content (AvgIpc) is 3.62. The molecule has 0 spiro atoms. The molecule has 0 aliphatic carbocycles. The summed E-state index contributed by atoms with van der Waals surface area (Å²) in [5, 5.41) is 17.2. The molecule has 3 aromatic carbocycles. The monoisotopic (exact) mass is 847 g/mol. The van der Waals surface area contributed by atoms with E-state index < -0.39 is 23.2 Å². The summed E-state index contributed by atoms with van der Waals surface area (Å²) in [6.45, 7) is 22.1. The molecule has 0 radical (unpaired) electrons. The molecule has 1 heterocycles. The third-order valence-corrected chi connectivity index (χ3v) is 11.5. The van der Waals surface area contributed by atoms with Crippen molar-refractivity contribution in [3.8, 4) is 22.8 Å². The lowest BCUT2D eigenvalue weighted by Crippen LogP contribution is -2.52. The molecule has 0 fully saturated rings. The highest BCUT2D eigenvalue weighted by Gasteiger charge is 2.28. The lowest BCUT2D eigenvalue weighted by Gasteiger charge is -2.32. The predicted octanol–water partition coefficient (Wildman–Crippen LogP) is 7.55. The first-order valence-corrected chi connectivity index (χ1v) is 21.1. The Kier molecular flexibility index (Phi) is 18.2. The van der Waals surface area contributed by atoms with E-state index in [2.05, 4.69) is 50.0 Å². The summed E-state index contributed by atoms with van der Waals surface area (Å²) >= 11 is 6.38. The fraction of sp³-hybridized carbons (Fsp3) is 0.511. The molecule has 15 heteroatoms. The minimum Gasteiger partial charge on any atom is -0.492 e. The van der Waals surface area contributed by atoms with Crippen LogP contribution in [-0.2, 0) is 4.79 Å². The Morgan fingerprint density at radius 1 is 0.750 bits per heavy atom. The Balaban J connectivity index is 1.35. The number of likely N-dealkylation sites (N-methyl/N-ethyl adjacent to an activating group) is 1. The van der Waals surface area contributed by atoms with Gasteiger partial charge in [-0.3, -0.25) is 14.5 Å². The van der Waals surface area contributed by atoms with Crippen molar-refractivity contribution in [1.29, 1.82) is 0 Å². The second-order valence-electron chi connectivity index (χ2n) is 16.0. The highest BCUT2D eigenvalue weighted by molar-refractivity contribution is 6.32. The zero-order chi connectivity index (χ0) is 43.9. The Morgan fingerprint density at radius 3 is 1.87 bits per heavy atom. The highest BCUT2D eigenvalue weighted by Crippen LogP contribution is 2.37. The number of fused-ring (bicyclic) bond motifs is 1. The number of nitrogens with zero attached hydrogens (tertiary/aromatic N) is 4. The van der Waals surface area contributed by atoms with Crippen LogP contribution in [-0.4, -0.2) is 117 Å². The number of amides is 1. The topological polar surface area (TPSA) is 167 Å². The SMILES string of the molecule is CCN(CC)CCOc1ccc(-c2oc3ccc(Cl)cc3c2C(=O)c2ccc(OCC(=O)NCCN(CCNC(C)(C)C(C)N=O)CCNC(C)(C)C(C)N=O)cc2)cc1. The maximum absolute atomic E-state index is 14.1. The second kappa shape index (κ2) is 22.8. The maximum Gasteiger partial charge on any atom is 0.257 e. The molecule has 2 unspecified atom stereocenters. The van der Waals surface area contributed by atoms with Crippen molar-refractivity contribution in [1.82, 2.24) is 25.8 Å². The largest absolute Gasteiger partial charge is 0.492 e. The first-order chi connectivity index (χ1) is 28.6. The number of halogens is 1. The van der Waals surface area contributed by atoms with Crippen LogP contribution in [0.25, 0.3) is 22.3 Å². The van der Waals surface area contributed by atoms with Gasteiger partial charge in [0.2, 0.25) is 0 Å². The first kappa shape index (κ1) is 47.9. The summed E-state index contributed by atoms with van der Waals surface area (Å²) in [5.41, 5.74) is 1.11. The molecule has 4 rings (SSSR count). The summed E-state index contributed by atoms with van der Waals surface area (Å²) in [6.07, 6.45) is 0. The van der Waals surface area contributed by atoms with Gasteiger partial charge in [0.05, 0.1) is 5.56 Å². The number of carbonyl (C=O) groups is 2. The number of hydrogen-bond donors (Lipinski definition) is 3. The molecule has 0 saturated carbocycles. The Morgan fingerprint density at radius 2 is 1.30 bits per heavy atom. The van der Waals surface area contributed by atoms with Crippen molar-refractivity contribution in [2.24, 2.45) is 10.4 Å². The zero-order valence-corrected chi connectivity index (χ0v) is 37.1. The Hall–Kier alpha value is -4.73. The van der Waals surface area contributed by atoms with Crippen molar-refractivity contribution in [3.63, 3.8) is 0 Å². The summed E-state index contributed by atoms with van der Waals surface area (Å²) in [4.78, 5) is 53.7. The van der Waals surface area contributed by atoms with Gasteiger partial charge < -0.3 is 34.7 Å². The van der Waals surface area contributed by atoms with E-state index in [4.69, 9.17) is 25.5 Å². The number of furan rings is 1. The molecule has 1 aromatic heterocycles. The third-order valence-electron chi connectivity index (χ3n) is 11.2. The number of benzene rings is 3. The van der Waals surface area contributed by atoms with Crippen molar-refractivity contribution < 1.29 is 23.5 Å². The van der Waals surface area contributed by atoms with Gasteiger partial charge in [-0.1, -0.05) is 35.8 Å². The first-order valence-electron chi connectivity index (χ1n) is 20.7. The maximum atomic E-state index is 14.1. The molecule has 60 heavy (non-hydrogen) atoms. The number of carbonyl (C=O) groups excluding carboxylic acids is 2. The normalized spacial score (nSPS) is 13.1. The fourth-order valence-corrected chi connectivity index (χ4v) is 6.57. The van der Waals surface area contributed by atoms with Gasteiger partial charge >= 0.3 is 0 Å². The third kappa shape index (κ3) is 13.6. The van der Waals surface area contributed by atoms with Gasteiger partial charge in [0.25, 0.3) is 5.91 Å². The van der Waals surface area contributed by atoms with E-state index >= 15 is 0 Å². The number of ketones is 1. The number of nitrogens with one attached hydrogen (secondary N) is 3. The smallest absolute Gasteiger partial charge is 0.257 e. The van der Waals surface area contributed by atoms with Crippen LogP contribution < -0.4 is 25.4 Å². The summed E-state index contributed by atoms with van der Waals surface area (Å²) < 4.78 is 18.0. The number of hydrogen-bond acceptors (Lipinski definition) is 13. The van der Waals surface area contributed by atoms with Crippen LogP contribution in [0.15, 0.2) is 81.5 Å². The van der Waals surface area contributed by atoms with Crippen LogP contribution in [0.3, 0.4) is 0 Å². The van der Waals surface area contributed by atoms with E-state index in [0.29, 0.717) is 84.5 Å². The second-order valence-corrected chi connectivity index (χ2v) is 16.5. The van der Waals surface area contributed by atoms with Gasteiger partial charge in [0.15, 0.2) is 12.4 Å². The predicted molar refractivity (Wildman–Crippen MR) is 239 cm³/mol. The van der Waals surface area contributed by atoms with Gasteiger partial charge in [-0.05, 0) is 121 Å². The quantitative estimate of drug-likeness (QED) is 0.0401. The summed E-state index contributed by atoms with van der Waals surface area (Å²) in [6, 6.07) is 18.5. The number of rotatable bonds is 27. The zero-order valence-electron chi connectivity index (χ0n) is 36.3. The summed E-state index contributed by atoms with van der Waals surface area (Å²) in [7, 11) is 0. The average molecular weight is 848 g/mol. The molecule has 14 nitrogen and oxygen atoms in total. The van der Waals surface area contributed by atoms with Crippen LogP contribution in [0, 0.1) is 9.81 Å². The van der Waals surface area contributed by atoms with E-state index in [1.807, 2.05) is 52.0 Å². The van der Waals surface area contributed by atoms with E-state index in [0.717, 1.165) is 30.9 Å². The molecule has 0 aliphatic heterocycles. The van der Waals surface area contributed by atoms with Crippen molar-refractivity contribution in [2.45, 2.75) is 78.6 Å². The van der Waals surface area contributed by atoms with Crippen molar-refractivity contribution >= 4 is 34.3 Å². The van der Waals surface area contributed by atoms with Gasteiger partial charge in [0, 0.05) is 78.4 Å². The van der Waals surface area contributed by atoms with Crippen molar-refractivity contribution in [3.05, 3.63) is 92.7 Å². The number of nitroso groups, excluding NO2 is 2.